The predicted octanol–water partition coefficient (Wildman–Crippen LogP) is 3.43. The zero-order valence-electron chi connectivity index (χ0n) is 19.3. The first-order valence-corrected chi connectivity index (χ1v) is 11.1. The molecule has 184 valence electrons. The van der Waals surface area contributed by atoms with Crippen molar-refractivity contribution >= 4 is 10.9 Å². The minimum Gasteiger partial charge on any atom is -0.497 e. The van der Waals surface area contributed by atoms with Gasteiger partial charge in [-0.3, -0.25) is 14.3 Å². The Hall–Kier alpha value is -3.65. The highest BCUT2D eigenvalue weighted by molar-refractivity contribution is 5.85. The van der Waals surface area contributed by atoms with Crippen molar-refractivity contribution in [3.05, 3.63) is 57.8 Å². The minimum absolute atomic E-state index is 0.00646. The van der Waals surface area contributed by atoms with Gasteiger partial charge < -0.3 is 9.47 Å². The number of methoxy groups -OCH3 is 1. The van der Waals surface area contributed by atoms with Gasteiger partial charge in [0.1, 0.15) is 29.3 Å². The Bertz CT molecular complexity index is 1310. The molecule has 0 aliphatic carbocycles. The molecule has 0 atom stereocenters. The van der Waals surface area contributed by atoms with Crippen LogP contribution in [0, 0.1) is 18.3 Å². The van der Waals surface area contributed by atoms with E-state index in [4.69, 9.17) is 9.47 Å². The molecule has 0 saturated carbocycles. The fourth-order valence-electron chi connectivity index (χ4n) is 4.19. The van der Waals surface area contributed by atoms with E-state index in [1.165, 1.54) is 15.7 Å². The zero-order valence-corrected chi connectivity index (χ0v) is 19.3. The van der Waals surface area contributed by atoms with Crippen molar-refractivity contribution in [1.82, 2.24) is 19.4 Å². The number of fused-ring (bicyclic) bond motifs is 1. The molecule has 8 nitrogen and oxygen atoms in total. The minimum atomic E-state index is -4.25. The van der Waals surface area contributed by atoms with Gasteiger partial charge in [0.15, 0.2) is 0 Å². The molecule has 11 heteroatoms. The summed E-state index contributed by atoms with van der Waals surface area (Å²) in [6.45, 7) is 1.43. The van der Waals surface area contributed by atoms with E-state index in [1.807, 2.05) is 18.2 Å². The molecule has 0 unspecified atom stereocenters. The summed E-state index contributed by atoms with van der Waals surface area (Å²) in [6, 6.07) is 9.28. The number of nitriles is 1. The summed E-state index contributed by atoms with van der Waals surface area (Å²) in [5.74, 6) is 1.15. The van der Waals surface area contributed by atoms with Crippen molar-refractivity contribution in [3.8, 4) is 17.7 Å². The second-order valence-electron chi connectivity index (χ2n) is 8.42. The normalized spacial score (nSPS) is 15.2. The highest BCUT2D eigenvalue weighted by Crippen LogP contribution is 2.26. The maximum absolute atomic E-state index is 13.4. The van der Waals surface area contributed by atoms with Gasteiger partial charge in [-0.1, -0.05) is 12.1 Å². The highest BCUT2D eigenvalue weighted by Gasteiger charge is 2.33. The smallest absolute Gasteiger partial charge is 0.401 e. The number of ether oxygens (including phenoxy) is 2. The SMILES string of the molecule is COc1ccc(Cn2c(C)nc3cnc(OC4CCN(CC(F)(F)F)CC4)c(C#N)c3c2=O)cc1. The van der Waals surface area contributed by atoms with E-state index in [2.05, 4.69) is 9.97 Å². The van der Waals surface area contributed by atoms with Crippen LogP contribution >= 0.6 is 0 Å². The quantitative estimate of drug-likeness (QED) is 0.526. The summed E-state index contributed by atoms with van der Waals surface area (Å²) in [7, 11) is 1.57. The van der Waals surface area contributed by atoms with Gasteiger partial charge in [-0.05, 0) is 37.5 Å². The van der Waals surface area contributed by atoms with Crippen LogP contribution in [0.5, 0.6) is 11.6 Å². The Balaban J connectivity index is 1.61. The number of halogens is 3. The van der Waals surface area contributed by atoms with Crippen molar-refractivity contribution in [2.24, 2.45) is 0 Å². The third-order valence-electron chi connectivity index (χ3n) is 5.98. The van der Waals surface area contributed by atoms with Gasteiger partial charge in [-0.2, -0.15) is 18.4 Å². The largest absolute Gasteiger partial charge is 0.497 e. The molecule has 0 bridgehead atoms. The molecule has 0 radical (unpaired) electrons. The molecule has 0 N–H and O–H groups in total. The lowest BCUT2D eigenvalue weighted by Gasteiger charge is -2.32. The second-order valence-corrected chi connectivity index (χ2v) is 8.42. The Morgan fingerprint density at radius 1 is 1.20 bits per heavy atom. The maximum atomic E-state index is 13.4. The number of alkyl halides is 3. The van der Waals surface area contributed by atoms with Gasteiger partial charge in [0.25, 0.3) is 5.56 Å². The molecule has 0 amide bonds. The van der Waals surface area contributed by atoms with Crippen LogP contribution < -0.4 is 15.0 Å². The number of aryl methyl sites for hydroxylation is 1. The average Bonchev–Trinajstić information content (AvgIpc) is 2.82. The summed E-state index contributed by atoms with van der Waals surface area (Å²) in [5, 5.41) is 9.96. The van der Waals surface area contributed by atoms with Gasteiger partial charge in [-0.25, -0.2) is 9.97 Å². The number of aromatic nitrogens is 3. The van der Waals surface area contributed by atoms with Gasteiger partial charge in [0.2, 0.25) is 5.88 Å². The van der Waals surface area contributed by atoms with Crippen LogP contribution in [0.15, 0.2) is 35.3 Å². The zero-order chi connectivity index (χ0) is 25.2. The molecular weight excluding hydrogens is 463 g/mol. The van der Waals surface area contributed by atoms with Gasteiger partial charge in [-0.15, -0.1) is 0 Å². The first kappa shape index (κ1) is 24.5. The lowest BCUT2D eigenvalue weighted by molar-refractivity contribution is -0.149. The van der Waals surface area contributed by atoms with Gasteiger partial charge >= 0.3 is 6.18 Å². The Morgan fingerprint density at radius 2 is 1.89 bits per heavy atom. The molecule has 0 spiro atoms. The first-order valence-electron chi connectivity index (χ1n) is 11.1. The van der Waals surface area contributed by atoms with E-state index in [9.17, 15) is 23.2 Å². The number of hydrogen-bond donors (Lipinski definition) is 0. The van der Waals surface area contributed by atoms with Crippen LogP contribution in [0.1, 0.15) is 29.8 Å². The molecule has 2 aromatic heterocycles. The van der Waals surface area contributed by atoms with Crippen LogP contribution in [0.3, 0.4) is 0 Å². The van der Waals surface area contributed by atoms with E-state index in [1.54, 1.807) is 26.2 Å². The van der Waals surface area contributed by atoms with Crippen LogP contribution in [0.2, 0.25) is 0 Å². The van der Waals surface area contributed by atoms with Crippen LogP contribution in [-0.4, -0.2) is 58.5 Å². The van der Waals surface area contributed by atoms with Crippen molar-refractivity contribution in [2.45, 2.75) is 38.6 Å². The highest BCUT2D eigenvalue weighted by atomic mass is 19.4. The van der Waals surface area contributed by atoms with Crippen molar-refractivity contribution in [1.29, 1.82) is 5.26 Å². The van der Waals surface area contributed by atoms with Crippen LogP contribution in [-0.2, 0) is 6.54 Å². The lowest BCUT2D eigenvalue weighted by Crippen LogP contribution is -2.42. The van der Waals surface area contributed by atoms with E-state index in [0.717, 1.165) is 5.56 Å². The predicted molar refractivity (Wildman–Crippen MR) is 121 cm³/mol. The first-order chi connectivity index (χ1) is 16.7. The third kappa shape index (κ3) is 5.54. The number of hydrogen-bond acceptors (Lipinski definition) is 7. The number of pyridine rings is 1. The monoisotopic (exact) mass is 487 g/mol. The summed E-state index contributed by atoms with van der Waals surface area (Å²) < 4.78 is 50.5. The molecule has 4 rings (SSSR count). The van der Waals surface area contributed by atoms with Gasteiger partial charge in [0, 0.05) is 13.1 Å². The number of piperidine rings is 1. The van der Waals surface area contributed by atoms with E-state index in [0.29, 0.717) is 24.4 Å². The summed E-state index contributed by atoms with van der Waals surface area (Å²) in [4.78, 5) is 23.4. The van der Waals surface area contributed by atoms with Crippen LogP contribution in [0.25, 0.3) is 10.9 Å². The van der Waals surface area contributed by atoms with Gasteiger partial charge in [0.05, 0.1) is 37.3 Å². The molecule has 1 saturated heterocycles. The molecule has 1 aromatic carbocycles. The van der Waals surface area contributed by atoms with E-state index >= 15 is 0 Å². The molecule has 1 aliphatic heterocycles. The third-order valence-corrected chi connectivity index (χ3v) is 5.98. The number of nitrogens with zero attached hydrogens (tertiary/aromatic N) is 5. The fourth-order valence-corrected chi connectivity index (χ4v) is 4.19. The van der Waals surface area contributed by atoms with E-state index in [-0.39, 0.29) is 42.0 Å². The standard InChI is InChI=1S/C24H24F3N5O3/c1-15-30-20-12-29-22(35-18-7-9-31(10-8-18)14-24(25,26)27)19(11-28)21(20)23(33)32(15)13-16-3-5-17(34-2)6-4-16/h3-6,12,18H,7-10,13-14H2,1-2H3. The summed E-state index contributed by atoms with van der Waals surface area (Å²) in [5.41, 5.74) is 0.711. The molecule has 1 aliphatic rings. The van der Waals surface area contributed by atoms with Crippen molar-refractivity contribution in [2.75, 3.05) is 26.7 Å². The lowest BCUT2D eigenvalue weighted by atomic mass is 10.1. The number of benzene rings is 1. The van der Waals surface area contributed by atoms with E-state index < -0.39 is 24.4 Å². The summed E-state index contributed by atoms with van der Waals surface area (Å²) >= 11 is 0. The number of rotatable bonds is 6. The van der Waals surface area contributed by atoms with Crippen LogP contribution in [0.4, 0.5) is 13.2 Å². The Morgan fingerprint density at radius 3 is 2.49 bits per heavy atom. The van der Waals surface area contributed by atoms with Crippen molar-refractivity contribution in [3.63, 3.8) is 0 Å². The fraction of sp³-hybridized carbons (Fsp3) is 0.417. The molecular formula is C24H24F3N5O3. The van der Waals surface area contributed by atoms with Crippen molar-refractivity contribution < 1.29 is 22.6 Å². The summed E-state index contributed by atoms with van der Waals surface area (Å²) in [6.07, 6.45) is -2.56. The molecule has 3 aromatic rings. The topological polar surface area (TPSA) is 93.3 Å². The second kappa shape index (κ2) is 9.92. The Kier molecular flexibility index (Phi) is 6.93. The Labute approximate surface area is 199 Å². The molecule has 3 heterocycles. The average molecular weight is 487 g/mol. The molecule has 1 fully saturated rings. The number of likely N-dealkylation sites (tertiary alicyclic amines) is 1. The molecule has 35 heavy (non-hydrogen) atoms. The maximum Gasteiger partial charge on any atom is 0.401 e.